The molecule has 6 heteroatoms. The number of sulfonamides is 1. The summed E-state index contributed by atoms with van der Waals surface area (Å²) < 4.78 is 27.3. The van der Waals surface area contributed by atoms with E-state index >= 15 is 0 Å². The minimum atomic E-state index is -3.46. The van der Waals surface area contributed by atoms with Gasteiger partial charge >= 0.3 is 0 Å². The standard InChI is InChI=1S/C22H28N2O3S/c1-16-10-11-21(13-18(16)3)23-22(25)19-9-6-12-24(14-19)28(26,27)15-20-8-5-4-7-17(20)2/h4-5,7-8,10-11,13,19H,6,9,12,14-15H2,1-3H3,(H,23,25)/t19-/m1/s1. The summed E-state index contributed by atoms with van der Waals surface area (Å²) in [6.07, 6.45) is 1.39. The van der Waals surface area contributed by atoms with Gasteiger partial charge in [0.2, 0.25) is 15.9 Å². The molecular weight excluding hydrogens is 372 g/mol. The first-order valence-electron chi connectivity index (χ1n) is 9.67. The highest BCUT2D eigenvalue weighted by atomic mass is 32.2. The van der Waals surface area contributed by atoms with Crippen molar-refractivity contribution in [1.29, 1.82) is 0 Å². The van der Waals surface area contributed by atoms with Crippen LogP contribution in [0.4, 0.5) is 5.69 Å². The number of aryl methyl sites for hydroxylation is 3. The number of nitrogens with one attached hydrogen (secondary N) is 1. The molecule has 3 rings (SSSR count). The lowest BCUT2D eigenvalue weighted by Crippen LogP contribution is -2.44. The molecule has 5 nitrogen and oxygen atoms in total. The Balaban J connectivity index is 1.68. The second-order valence-electron chi connectivity index (χ2n) is 7.67. The number of carbonyl (C=O) groups excluding carboxylic acids is 1. The zero-order valence-corrected chi connectivity index (χ0v) is 17.6. The zero-order chi connectivity index (χ0) is 20.3. The number of benzene rings is 2. The van der Waals surface area contributed by atoms with Gasteiger partial charge in [0.05, 0.1) is 11.7 Å². The average Bonchev–Trinajstić information content (AvgIpc) is 2.66. The van der Waals surface area contributed by atoms with E-state index in [9.17, 15) is 13.2 Å². The second kappa shape index (κ2) is 8.45. The first-order valence-corrected chi connectivity index (χ1v) is 11.3. The molecule has 1 heterocycles. The Kier molecular flexibility index (Phi) is 6.20. The Labute approximate surface area is 167 Å². The quantitative estimate of drug-likeness (QED) is 0.830. The van der Waals surface area contributed by atoms with Gasteiger partial charge in [0, 0.05) is 18.8 Å². The molecule has 1 fully saturated rings. The largest absolute Gasteiger partial charge is 0.326 e. The van der Waals surface area contributed by atoms with Gasteiger partial charge in [0.1, 0.15) is 0 Å². The summed E-state index contributed by atoms with van der Waals surface area (Å²) >= 11 is 0. The van der Waals surface area contributed by atoms with Crippen molar-refractivity contribution in [3.63, 3.8) is 0 Å². The van der Waals surface area contributed by atoms with E-state index in [1.165, 1.54) is 9.87 Å². The van der Waals surface area contributed by atoms with E-state index < -0.39 is 10.0 Å². The molecule has 0 unspecified atom stereocenters. The number of anilines is 1. The molecule has 0 saturated carbocycles. The van der Waals surface area contributed by atoms with Crippen LogP contribution in [0.3, 0.4) is 0 Å². The number of hydrogen-bond donors (Lipinski definition) is 1. The number of nitrogens with zero attached hydrogens (tertiary/aromatic N) is 1. The molecule has 0 aliphatic carbocycles. The molecule has 1 aliphatic heterocycles. The fraction of sp³-hybridized carbons (Fsp3) is 0.409. The number of rotatable bonds is 5. The Hall–Kier alpha value is -2.18. The van der Waals surface area contributed by atoms with Crippen LogP contribution in [-0.4, -0.2) is 31.7 Å². The van der Waals surface area contributed by atoms with Gasteiger partial charge in [0.25, 0.3) is 0 Å². The molecule has 1 atom stereocenters. The SMILES string of the molecule is Cc1ccc(NC(=O)[C@@H]2CCCN(S(=O)(=O)Cc3ccccc3C)C2)cc1C. The van der Waals surface area contributed by atoms with Crippen LogP contribution >= 0.6 is 0 Å². The highest BCUT2D eigenvalue weighted by molar-refractivity contribution is 7.88. The third kappa shape index (κ3) is 4.80. The van der Waals surface area contributed by atoms with E-state index in [2.05, 4.69) is 5.32 Å². The summed E-state index contributed by atoms with van der Waals surface area (Å²) in [7, 11) is -3.46. The van der Waals surface area contributed by atoms with Gasteiger partial charge < -0.3 is 5.32 Å². The van der Waals surface area contributed by atoms with Crippen LogP contribution in [-0.2, 0) is 20.6 Å². The summed E-state index contributed by atoms with van der Waals surface area (Å²) in [5, 5.41) is 2.95. The Morgan fingerprint density at radius 2 is 1.82 bits per heavy atom. The van der Waals surface area contributed by atoms with Crippen molar-refractivity contribution in [2.75, 3.05) is 18.4 Å². The molecule has 1 N–H and O–H groups in total. The Morgan fingerprint density at radius 1 is 1.07 bits per heavy atom. The minimum Gasteiger partial charge on any atom is -0.326 e. The third-order valence-electron chi connectivity index (χ3n) is 5.52. The predicted molar refractivity (Wildman–Crippen MR) is 113 cm³/mol. The summed E-state index contributed by atoms with van der Waals surface area (Å²) in [6, 6.07) is 13.3. The van der Waals surface area contributed by atoms with Gasteiger partial charge in [-0.25, -0.2) is 12.7 Å². The molecule has 1 amide bonds. The van der Waals surface area contributed by atoms with Crippen molar-refractivity contribution in [1.82, 2.24) is 4.31 Å². The lowest BCUT2D eigenvalue weighted by atomic mass is 9.98. The maximum Gasteiger partial charge on any atom is 0.228 e. The molecule has 1 aliphatic rings. The normalized spacial score (nSPS) is 18.0. The van der Waals surface area contributed by atoms with Crippen LogP contribution in [0.25, 0.3) is 0 Å². The maximum absolute atomic E-state index is 12.9. The molecule has 0 bridgehead atoms. The second-order valence-corrected chi connectivity index (χ2v) is 9.64. The molecular formula is C22H28N2O3S. The van der Waals surface area contributed by atoms with E-state index in [1.54, 1.807) is 0 Å². The number of carbonyl (C=O) groups is 1. The summed E-state index contributed by atoms with van der Waals surface area (Å²) in [5.74, 6) is -0.466. The van der Waals surface area contributed by atoms with Gasteiger partial charge in [-0.1, -0.05) is 30.3 Å². The summed E-state index contributed by atoms with van der Waals surface area (Å²) in [4.78, 5) is 12.7. The van der Waals surface area contributed by atoms with Crippen molar-refractivity contribution in [2.24, 2.45) is 5.92 Å². The summed E-state index contributed by atoms with van der Waals surface area (Å²) in [6.45, 7) is 6.66. The fourth-order valence-electron chi connectivity index (χ4n) is 3.53. The number of amides is 1. The molecule has 0 radical (unpaired) electrons. The molecule has 2 aromatic rings. The van der Waals surface area contributed by atoms with Crippen LogP contribution in [0, 0.1) is 26.7 Å². The highest BCUT2D eigenvalue weighted by Gasteiger charge is 2.32. The van der Waals surface area contributed by atoms with Gasteiger partial charge in [0.15, 0.2) is 0 Å². The van der Waals surface area contributed by atoms with Crippen LogP contribution in [0.15, 0.2) is 42.5 Å². The Morgan fingerprint density at radius 3 is 2.54 bits per heavy atom. The van der Waals surface area contributed by atoms with E-state index in [1.807, 2.05) is 63.2 Å². The van der Waals surface area contributed by atoms with Crippen LogP contribution < -0.4 is 5.32 Å². The smallest absolute Gasteiger partial charge is 0.228 e. The van der Waals surface area contributed by atoms with Crippen molar-refractivity contribution in [2.45, 2.75) is 39.4 Å². The van der Waals surface area contributed by atoms with Crippen LogP contribution in [0.5, 0.6) is 0 Å². The lowest BCUT2D eigenvalue weighted by Gasteiger charge is -2.31. The van der Waals surface area contributed by atoms with Gasteiger partial charge in [-0.05, 0) is 68.0 Å². The zero-order valence-electron chi connectivity index (χ0n) is 16.7. The predicted octanol–water partition coefficient (Wildman–Crippen LogP) is 3.79. The molecule has 0 aromatic heterocycles. The molecule has 1 saturated heterocycles. The van der Waals surface area contributed by atoms with Gasteiger partial charge in [-0.3, -0.25) is 4.79 Å². The summed E-state index contributed by atoms with van der Waals surface area (Å²) in [5.41, 5.74) is 4.82. The first-order chi connectivity index (χ1) is 13.3. The first kappa shape index (κ1) is 20.6. The van der Waals surface area contributed by atoms with E-state index in [0.29, 0.717) is 19.4 Å². The van der Waals surface area contributed by atoms with Crippen molar-refractivity contribution < 1.29 is 13.2 Å². The van der Waals surface area contributed by atoms with Crippen molar-refractivity contribution in [3.05, 3.63) is 64.7 Å². The Bertz CT molecular complexity index is 969. The fourth-order valence-corrected chi connectivity index (χ4v) is 5.25. The van der Waals surface area contributed by atoms with E-state index in [-0.39, 0.29) is 24.1 Å². The van der Waals surface area contributed by atoms with E-state index in [0.717, 1.165) is 22.4 Å². The van der Waals surface area contributed by atoms with Crippen LogP contribution in [0.1, 0.15) is 35.1 Å². The molecule has 28 heavy (non-hydrogen) atoms. The third-order valence-corrected chi connectivity index (χ3v) is 7.32. The topological polar surface area (TPSA) is 66.5 Å². The minimum absolute atomic E-state index is 0.0226. The van der Waals surface area contributed by atoms with Gasteiger partial charge in [-0.15, -0.1) is 0 Å². The number of piperidine rings is 1. The molecule has 150 valence electrons. The molecule has 2 aromatic carbocycles. The van der Waals surface area contributed by atoms with Gasteiger partial charge in [-0.2, -0.15) is 0 Å². The van der Waals surface area contributed by atoms with E-state index in [4.69, 9.17) is 0 Å². The highest BCUT2D eigenvalue weighted by Crippen LogP contribution is 2.24. The monoisotopic (exact) mass is 400 g/mol. The van der Waals surface area contributed by atoms with Crippen molar-refractivity contribution in [3.8, 4) is 0 Å². The van der Waals surface area contributed by atoms with Crippen molar-refractivity contribution >= 4 is 21.6 Å². The number of hydrogen-bond acceptors (Lipinski definition) is 3. The maximum atomic E-state index is 12.9. The lowest BCUT2D eigenvalue weighted by molar-refractivity contribution is -0.120. The molecule has 0 spiro atoms. The van der Waals surface area contributed by atoms with Crippen LogP contribution in [0.2, 0.25) is 0 Å². The average molecular weight is 401 g/mol.